The highest BCUT2D eigenvalue weighted by molar-refractivity contribution is 5.95. The van der Waals surface area contributed by atoms with Crippen LogP contribution in [0.2, 0.25) is 0 Å². The fraction of sp³-hybridized carbons (Fsp3) is 0.360. The van der Waals surface area contributed by atoms with Crippen molar-refractivity contribution in [2.75, 3.05) is 18.4 Å². The summed E-state index contributed by atoms with van der Waals surface area (Å²) < 4.78 is 13.6. The lowest BCUT2D eigenvalue weighted by Gasteiger charge is -2.33. The molecule has 0 aromatic heterocycles. The lowest BCUT2D eigenvalue weighted by atomic mass is 9.98. The summed E-state index contributed by atoms with van der Waals surface area (Å²) >= 11 is 0. The van der Waals surface area contributed by atoms with E-state index in [-0.39, 0.29) is 36.9 Å². The van der Waals surface area contributed by atoms with Crippen LogP contribution in [0.3, 0.4) is 0 Å². The number of hydrogen-bond acceptors (Lipinski definition) is 2. The van der Waals surface area contributed by atoms with E-state index in [1.807, 2.05) is 4.90 Å². The molecule has 2 atom stereocenters. The van der Waals surface area contributed by atoms with Crippen LogP contribution >= 0.6 is 0 Å². The van der Waals surface area contributed by atoms with E-state index in [9.17, 15) is 14.0 Å². The average molecular weight is 417 g/mol. The highest BCUT2D eigenvalue weighted by Gasteiger charge is 2.42. The van der Waals surface area contributed by atoms with Crippen molar-refractivity contribution in [3.05, 3.63) is 71.0 Å². The van der Waals surface area contributed by atoms with Gasteiger partial charge in [-0.15, -0.1) is 0 Å². The number of halogens is 1. The summed E-state index contributed by atoms with van der Waals surface area (Å²) in [5, 5.41) is 2.76. The van der Waals surface area contributed by atoms with Crippen molar-refractivity contribution in [1.29, 1.82) is 0 Å². The average Bonchev–Trinajstić information content (AvgIpc) is 3.42. The van der Waals surface area contributed by atoms with Gasteiger partial charge in [-0.3, -0.25) is 4.79 Å². The number of nitrogens with one attached hydrogen (secondary N) is 1. The molecule has 1 N–H and O–H groups in total. The first-order valence-corrected chi connectivity index (χ1v) is 11.0. The number of nitrogens with zero attached hydrogens (tertiary/aromatic N) is 2. The second-order valence-electron chi connectivity index (χ2n) is 9.16. The molecular formula is C25H24FN3O2. The van der Waals surface area contributed by atoms with Crippen LogP contribution in [0.25, 0.3) is 5.57 Å². The minimum absolute atomic E-state index is 0.00109. The van der Waals surface area contributed by atoms with E-state index in [2.05, 4.69) is 35.7 Å². The number of hydrogen-bond donors (Lipinski definition) is 1. The number of rotatable bonds is 4. The van der Waals surface area contributed by atoms with Crippen LogP contribution in [0.4, 0.5) is 14.9 Å². The van der Waals surface area contributed by atoms with Gasteiger partial charge in [-0.2, -0.15) is 0 Å². The minimum Gasteiger partial charge on any atom is -0.333 e. The molecule has 4 aliphatic rings. The SMILES string of the molecule is O=C1Nc2ccc(F)cc2CN1CC(=O)N1C[C@@H]2C=C(c3ccc(C4CC4)cc3)[C@H]1C2. The Morgan fingerprint density at radius 3 is 2.68 bits per heavy atom. The molecule has 6 heteroatoms. The Morgan fingerprint density at radius 2 is 1.94 bits per heavy atom. The van der Waals surface area contributed by atoms with Gasteiger partial charge in [-0.05, 0) is 71.6 Å². The van der Waals surface area contributed by atoms with E-state index in [4.69, 9.17) is 0 Å². The molecule has 3 amide bonds. The summed E-state index contributed by atoms with van der Waals surface area (Å²) in [5.74, 6) is 0.704. The standard InChI is InChI=1S/C25H24FN3O2/c26-20-7-8-22-19(11-20)13-28(25(31)27-22)14-24(30)29-12-15-9-21(23(29)10-15)18-5-3-17(4-6-18)16-1-2-16/h3-9,11,15-16,23H,1-2,10,12-14H2,(H,27,31)/t15-,23-/m1/s1. The second-order valence-corrected chi connectivity index (χ2v) is 9.16. The molecule has 0 unspecified atom stereocenters. The molecule has 2 fully saturated rings. The lowest BCUT2D eigenvalue weighted by molar-refractivity contribution is -0.132. The van der Waals surface area contributed by atoms with Gasteiger partial charge in [0.05, 0.1) is 12.6 Å². The maximum atomic E-state index is 13.6. The summed E-state index contributed by atoms with van der Waals surface area (Å²) in [4.78, 5) is 29.0. The number of amides is 3. The van der Waals surface area contributed by atoms with E-state index in [0.29, 0.717) is 23.7 Å². The topological polar surface area (TPSA) is 52.7 Å². The number of anilines is 1. The van der Waals surface area contributed by atoms with Crippen molar-refractivity contribution < 1.29 is 14.0 Å². The normalized spacial score (nSPS) is 24.2. The summed E-state index contributed by atoms with van der Waals surface area (Å²) in [6.45, 7) is 0.935. The third-order valence-electron chi connectivity index (χ3n) is 7.00. The Kier molecular flexibility index (Phi) is 4.16. The number of likely N-dealkylation sites (tertiary alicyclic amines) is 1. The highest BCUT2D eigenvalue weighted by atomic mass is 19.1. The molecule has 158 valence electrons. The molecule has 31 heavy (non-hydrogen) atoms. The van der Waals surface area contributed by atoms with Gasteiger partial charge in [-0.1, -0.05) is 30.3 Å². The van der Waals surface area contributed by atoms with Crippen LogP contribution in [0.1, 0.15) is 41.9 Å². The third-order valence-corrected chi connectivity index (χ3v) is 7.00. The van der Waals surface area contributed by atoms with Gasteiger partial charge in [0.15, 0.2) is 0 Å². The molecule has 6 rings (SSSR count). The molecule has 2 aromatic carbocycles. The lowest BCUT2D eigenvalue weighted by Crippen LogP contribution is -2.48. The molecular weight excluding hydrogens is 393 g/mol. The molecule has 0 spiro atoms. The van der Waals surface area contributed by atoms with E-state index in [0.717, 1.165) is 12.3 Å². The first kappa shape index (κ1) is 18.6. The molecule has 2 heterocycles. The Bertz CT molecular complexity index is 1110. The van der Waals surface area contributed by atoms with Gasteiger partial charge in [0.2, 0.25) is 5.91 Å². The molecule has 2 aromatic rings. The van der Waals surface area contributed by atoms with E-state index < -0.39 is 0 Å². The summed E-state index contributed by atoms with van der Waals surface area (Å²) in [6.07, 6.45) is 5.84. The largest absolute Gasteiger partial charge is 0.333 e. The fourth-order valence-electron chi connectivity index (χ4n) is 5.25. The zero-order valence-corrected chi connectivity index (χ0v) is 17.2. The molecule has 1 saturated heterocycles. The van der Waals surface area contributed by atoms with Gasteiger partial charge >= 0.3 is 6.03 Å². The van der Waals surface area contributed by atoms with Crippen molar-refractivity contribution in [1.82, 2.24) is 9.80 Å². The Hall–Kier alpha value is -3.15. The molecule has 5 nitrogen and oxygen atoms in total. The maximum Gasteiger partial charge on any atom is 0.322 e. The minimum atomic E-state index is -0.347. The molecule has 1 saturated carbocycles. The summed E-state index contributed by atoms with van der Waals surface area (Å²) in [6, 6.07) is 12.9. The van der Waals surface area contributed by atoms with Crippen molar-refractivity contribution >= 4 is 23.2 Å². The van der Waals surface area contributed by atoms with Crippen molar-refractivity contribution in [3.8, 4) is 0 Å². The second kappa shape index (κ2) is 6.94. The van der Waals surface area contributed by atoms with Gasteiger partial charge in [0.25, 0.3) is 0 Å². The first-order chi connectivity index (χ1) is 15.0. The number of benzene rings is 2. The maximum absolute atomic E-state index is 13.6. The predicted octanol–water partition coefficient (Wildman–Crippen LogP) is 4.36. The predicted molar refractivity (Wildman–Crippen MR) is 116 cm³/mol. The monoisotopic (exact) mass is 417 g/mol. The van der Waals surface area contributed by atoms with Crippen molar-refractivity contribution in [2.24, 2.45) is 5.92 Å². The van der Waals surface area contributed by atoms with Crippen molar-refractivity contribution in [2.45, 2.75) is 37.8 Å². The van der Waals surface area contributed by atoms with Gasteiger partial charge in [0, 0.05) is 12.2 Å². The summed E-state index contributed by atoms with van der Waals surface area (Å²) in [5.41, 5.74) is 5.12. The van der Waals surface area contributed by atoms with Gasteiger partial charge in [0.1, 0.15) is 12.4 Å². The van der Waals surface area contributed by atoms with Crippen LogP contribution in [-0.2, 0) is 11.3 Å². The van der Waals surface area contributed by atoms with Crippen LogP contribution < -0.4 is 5.32 Å². The van der Waals surface area contributed by atoms with E-state index in [1.54, 1.807) is 6.07 Å². The molecule has 0 radical (unpaired) electrons. The van der Waals surface area contributed by atoms with E-state index in [1.165, 1.54) is 46.6 Å². The number of urea groups is 1. The van der Waals surface area contributed by atoms with Gasteiger partial charge < -0.3 is 15.1 Å². The first-order valence-electron chi connectivity index (χ1n) is 11.0. The zero-order chi connectivity index (χ0) is 21.1. The smallest absolute Gasteiger partial charge is 0.322 e. The Balaban J connectivity index is 1.16. The van der Waals surface area contributed by atoms with Crippen LogP contribution in [0.15, 0.2) is 48.5 Å². The number of carbonyl (C=O) groups excluding carboxylic acids is 2. The fourth-order valence-corrected chi connectivity index (χ4v) is 5.25. The zero-order valence-electron chi connectivity index (χ0n) is 17.2. The Morgan fingerprint density at radius 1 is 1.13 bits per heavy atom. The molecule has 2 bridgehead atoms. The number of carbonyl (C=O) groups is 2. The number of fused-ring (bicyclic) bond motifs is 3. The highest BCUT2D eigenvalue weighted by Crippen LogP contribution is 2.44. The summed E-state index contributed by atoms with van der Waals surface area (Å²) in [7, 11) is 0. The quantitative estimate of drug-likeness (QED) is 0.804. The van der Waals surface area contributed by atoms with E-state index >= 15 is 0 Å². The Labute approximate surface area is 180 Å². The van der Waals surface area contributed by atoms with Crippen molar-refractivity contribution in [3.63, 3.8) is 0 Å². The third kappa shape index (κ3) is 3.30. The van der Waals surface area contributed by atoms with Crippen LogP contribution in [0, 0.1) is 11.7 Å². The van der Waals surface area contributed by atoms with Gasteiger partial charge in [-0.25, -0.2) is 9.18 Å². The van der Waals surface area contributed by atoms with Crippen LogP contribution in [0.5, 0.6) is 0 Å². The van der Waals surface area contributed by atoms with Crippen LogP contribution in [-0.4, -0.2) is 40.9 Å². The molecule has 2 aliphatic carbocycles. The molecule has 2 aliphatic heterocycles.